The number of hydrogen-bond acceptors (Lipinski definition) is 4. The summed E-state index contributed by atoms with van der Waals surface area (Å²) in [5, 5.41) is 15.8. The van der Waals surface area contributed by atoms with E-state index in [1.54, 1.807) is 7.11 Å². The van der Waals surface area contributed by atoms with Crippen molar-refractivity contribution >= 4 is 5.91 Å². The lowest BCUT2D eigenvalue weighted by atomic mass is 9.74. The SMILES string of the molecule is CCCC1(C(=O)NCCC(O)COC)CCNCC1. The van der Waals surface area contributed by atoms with Gasteiger partial charge in [0.15, 0.2) is 0 Å². The lowest BCUT2D eigenvalue weighted by Gasteiger charge is -2.36. The molecule has 1 saturated heterocycles. The summed E-state index contributed by atoms with van der Waals surface area (Å²) in [5.41, 5.74) is -0.202. The van der Waals surface area contributed by atoms with E-state index in [2.05, 4.69) is 17.6 Å². The Hall–Kier alpha value is -0.650. The zero-order valence-corrected chi connectivity index (χ0v) is 12.2. The third-order valence-electron chi connectivity index (χ3n) is 3.89. The molecule has 19 heavy (non-hydrogen) atoms. The Morgan fingerprint density at radius 2 is 2.16 bits per heavy atom. The highest BCUT2D eigenvalue weighted by atomic mass is 16.5. The van der Waals surface area contributed by atoms with Gasteiger partial charge in [-0.25, -0.2) is 0 Å². The van der Waals surface area contributed by atoms with E-state index in [9.17, 15) is 9.90 Å². The summed E-state index contributed by atoms with van der Waals surface area (Å²) in [6.45, 7) is 4.79. The number of amides is 1. The van der Waals surface area contributed by atoms with Crippen LogP contribution in [0.15, 0.2) is 0 Å². The van der Waals surface area contributed by atoms with E-state index in [0.29, 0.717) is 19.6 Å². The van der Waals surface area contributed by atoms with Crippen molar-refractivity contribution in [3.8, 4) is 0 Å². The molecule has 1 aliphatic heterocycles. The molecular weight excluding hydrogens is 244 g/mol. The Morgan fingerprint density at radius 3 is 2.74 bits per heavy atom. The fourth-order valence-corrected chi connectivity index (χ4v) is 2.79. The summed E-state index contributed by atoms with van der Waals surface area (Å²) < 4.78 is 4.86. The number of carbonyl (C=O) groups excluding carboxylic acids is 1. The lowest BCUT2D eigenvalue weighted by Crippen LogP contribution is -2.48. The van der Waals surface area contributed by atoms with Crippen molar-refractivity contribution in [3.05, 3.63) is 0 Å². The number of carbonyl (C=O) groups is 1. The molecule has 1 rings (SSSR count). The first-order valence-electron chi connectivity index (χ1n) is 7.30. The summed E-state index contributed by atoms with van der Waals surface area (Å²) in [6, 6.07) is 0. The van der Waals surface area contributed by atoms with E-state index in [-0.39, 0.29) is 11.3 Å². The van der Waals surface area contributed by atoms with Crippen molar-refractivity contribution < 1.29 is 14.6 Å². The summed E-state index contributed by atoms with van der Waals surface area (Å²) in [7, 11) is 1.56. The third kappa shape index (κ3) is 5.09. The Balaban J connectivity index is 2.40. The second kappa shape index (κ2) is 8.51. The van der Waals surface area contributed by atoms with Crippen LogP contribution in [-0.4, -0.2) is 50.5 Å². The maximum Gasteiger partial charge on any atom is 0.226 e. The molecule has 1 atom stereocenters. The summed E-state index contributed by atoms with van der Waals surface area (Å²) in [6.07, 6.45) is 3.84. The molecule has 0 aromatic heterocycles. The van der Waals surface area contributed by atoms with Gasteiger partial charge in [-0.1, -0.05) is 13.3 Å². The van der Waals surface area contributed by atoms with Crippen molar-refractivity contribution in [1.29, 1.82) is 0 Å². The van der Waals surface area contributed by atoms with E-state index in [1.165, 1.54) is 0 Å². The second-order valence-corrected chi connectivity index (χ2v) is 5.43. The smallest absolute Gasteiger partial charge is 0.226 e. The normalized spacial score (nSPS) is 19.9. The molecule has 1 heterocycles. The summed E-state index contributed by atoms with van der Waals surface area (Å²) in [5.74, 6) is 0.153. The van der Waals surface area contributed by atoms with Crippen LogP contribution in [0.5, 0.6) is 0 Å². The Labute approximate surface area is 116 Å². The number of rotatable bonds is 8. The molecule has 0 radical (unpaired) electrons. The fourth-order valence-electron chi connectivity index (χ4n) is 2.79. The van der Waals surface area contributed by atoms with Crippen molar-refractivity contribution in [2.75, 3.05) is 33.4 Å². The number of aliphatic hydroxyl groups excluding tert-OH is 1. The van der Waals surface area contributed by atoms with Crippen LogP contribution in [0.4, 0.5) is 0 Å². The van der Waals surface area contributed by atoms with E-state index >= 15 is 0 Å². The predicted octanol–water partition coefficient (Wildman–Crippen LogP) is 0.670. The van der Waals surface area contributed by atoms with Crippen molar-refractivity contribution in [3.63, 3.8) is 0 Å². The minimum Gasteiger partial charge on any atom is -0.391 e. The maximum atomic E-state index is 12.4. The lowest BCUT2D eigenvalue weighted by molar-refractivity contribution is -0.133. The van der Waals surface area contributed by atoms with Crippen molar-refractivity contribution in [1.82, 2.24) is 10.6 Å². The van der Waals surface area contributed by atoms with Crippen LogP contribution in [0.3, 0.4) is 0 Å². The quantitative estimate of drug-likeness (QED) is 0.607. The van der Waals surface area contributed by atoms with E-state index in [0.717, 1.165) is 38.8 Å². The van der Waals surface area contributed by atoms with Gasteiger partial charge < -0.3 is 20.5 Å². The molecule has 0 aromatic rings. The average Bonchev–Trinajstić information content (AvgIpc) is 2.40. The molecule has 0 bridgehead atoms. The molecule has 0 spiro atoms. The van der Waals surface area contributed by atoms with E-state index in [1.807, 2.05) is 0 Å². The molecule has 5 heteroatoms. The molecule has 0 aromatic carbocycles. The van der Waals surface area contributed by atoms with Gasteiger partial charge in [0.1, 0.15) is 0 Å². The van der Waals surface area contributed by atoms with Gasteiger partial charge in [0.25, 0.3) is 0 Å². The first-order chi connectivity index (χ1) is 9.14. The first kappa shape index (κ1) is 16.4. The largest absolute Gasteiger partial charge is 0.391 e. The monoisotopic (exact) mass is 272 g/mol. The molecule has 5 nitrogen and oxygen atoms in total. The van der Waals surface area contributed by atoms with Crippen LogP contribution in [0, 0.1) is 5.41 Å². The average molecular weight is 272 g/mol. The van der Waals surface area contributed by atoms with Crippen LogP contribution >= 0.6 is 0 Å². The first-order valence-corrected chi connectivity index (χ1v) is 7.30. The van der Waals surface area contributed by atoms with Crippen LogP contribution in [0.25, 0.3) is 0 Å². The van der Waals surface area contributed by atoms with Crippen LogP contribution in [-0.2, 0) is 9.53 Å². The zero-order valence-electron chi connectivity index (χ0n) is 12.2. The van der Waals surface area contributed by atoms with Crippen LogP contribution in [0.2, 0.25) is 0 Å². The molecule has 112 valence electrons. The van der Waals surface area contributed by atoms with Gasteiger partial charge in [0, 0.05) is 13.7 Å². The molecule has 0 aliphatic carbocycles. The maximum absolute atomic E-state index is 12.4. The van der Waals surface area contributed by atoms with Crippen molar-refractivity contribution in [2.24, 2.45) is 5.41 Å². The van der Waals surface area contributed by atoms with E-state index in [4.69, 9.17) is 4.74 Å². The predicted molar refractivity (Wildman–Crippen MR) is 75.0 cm³/mol. The van der Waals surface area contributed by atoms with Crippen molar-refractivity contribution in [2.45, 2.75) is 45.1 Å². The van der Waals surface area contributed by atoms with Gasteiger partial charge in [-0.15, -0.1) is 0 Å². The van der Waals surface area contributed by atoms with Gasteiger partial charge in [0.05, 0.1) is 18.1 Å². The van der Waals surface area contributed by atoms with Gasteiger partial charge in [-0.2, -0.15) is 0 Å². The Morgan fingerprint density at radius 1 is 1.47 bits per heavy atom. The minimum atomic E-state index is -0.500. The molecule has 1 unspecified atom stereocenters. The number of methoxy groups -OCH3 is 1. The highest BCUT2D eigenvalue weighted by molar-refractivity contribution is 5.82. The van der Waals surface area contributed by atoms with Crippen LogP contribution < -0.4 is 10.6 Å². The molecule has 1 fully saturated rings. The zero-order chi connectivity index (χ0) is 14.1. The molecular formula is C14H28N2O3. The number of piperidine rings is 1. The number of hydrogen-bond donors (Lipinski definition) is 3. The molecule has 0 saturated carbocycles. The number of ether oxygens (including phenoxy) is 1. The van der Waals surface area contributed by atoms with Gasteiger partial charge in [-0.3, -0.25) is 4.79 Å². The molecule has 1 amide bonds. The van der Waals surface area contributed by atoms with Gasteiger partial charge in [0.2, 0.25) is 5.91 Å². The summed E-state index contributed by atoms with van der Waals surface area (Å²) >= 11 is 0. The topological polar surface area (TPSA) is 70.6 Å². The highest BCUT2D eigenvalue weighted by Gasteiger charge is 2.38. The number of nitrogens with one attached hydrogen (secondary N) is 2. The van der Waals surface area contributed by atoms with Gasteiger partial charge >= 0.3 is 0 Å². The Bertz CT molecular complexity index is 260. The standard InChI is InChI=1S/C14H28N2O3/c1-3-5-14(6-9-15-10-7-14)13(18)16-8-4-12(17)11-19-2/h12,15,17H,3-11H2,1-2H3,(H,16,18). The third-order valence-corrected chi connectivity index (χ3v) is 3.89. The minimum absolute atomic E-state index is 0.153. The van der Waals surface area contributed by atoms with E-state index < -0.39 is 6.10 Å². The van der Waals surface area contributed by atoms with Gasteiger partial charge in [-0.05, 0) is 38.8 Å². The fraction of sp³-hybridized carbons (Fsp3) is 0.929. The molecule has 1 aliphatic rings. The highest BCUT2D eigenvalue weighted by Crippen LogP contribution is 2.34. The second-order valence-electron chi connectivity index (χ2n) is 5.43. The Kier molecular flexibility index (Phi) is 7.34. The number of aliphatic hydroxyl groups is 1. The summed E-state index contributed by atoms with van der Waals surface area (Å²) in [4.78, 5) is 12.4. The molecule has 3 N–H and O–H groups in total. The van der Waals surface area contributed by atoms with Crippen LogP contribution in [0.1, 0.15) is 39.0 Å².